The van der Waals surface area contributed by atoms with E-state index in [1.54, 1.807) is 18.3 Å². The van der Waals surface area contributed by atoms with Gasteiger partial charge in [-0.25, -0.2) is 18.6 Å². The first-order valence-electron chi connectivity index (χ1n) is 8.77. The van der Waals surface area contributed by atoms with Gasteiger partial charge in [-0.3, -0.25) is 0 Å². The number of aryl methyl sites for hydroxylation is 1. The molecule has 1 aromatic carbocycles. The van der Waals surface area contributed by atoms with Crippen LogP contribution in [0.5, 0.6) is 0 Å². The van der Waals surface area contributed by atoms with Crippen molar-refractivity contribution >= 4 is 29.2 Å². The Balaban J connectivity index is 1.40. The molecule has 0 saturated carbocycles. The molecule has 0 saturated heterocycles. The fourth-order valence-electron chi connectivity index (χ4n) is 2.35. The number of amides is 2. The summed E-state index contributed by atoms with van der Waals surface area (Å²) >= 11 is 0. The van der Waals surface area contributed by atoms with Crippen LogP contribution >= 0.6 is 0 Å². The van der Waals surface area contributed by atoms with Crippen LogP contribution in [0.2, 0.25) is 0 Å². The number of anilines is 4. The number of benzene rings is 1. The zero-order chi connectivity index (χ0) is 20.6. The zero-order valence-electron chi connectivity index (χ0n) is 15.5. The number of rotatable bonds is 7. The molecule has 3 rings (SSSR count). The summed E-state index contributed by atoms with van der Waals surface area (Å²) in [6.45, 7) is 2.60. The van der Waals surface area contributed by atoms with Crippen molar-refractivity contribution in [3.8, 4) is 0 Å². The van der Waals surface area contributed by atoms with Gasteiger partial charge in [0, 0.05) is 25.4 Å². The van der Waals surface area contributed by atoms with Gasteiger partial charge in [0.1, 0.15) is 23.3 Å². The zero-order valence-corrected chi connectivity index (χ0v) is 15.5. The molecule has 0 aliphatic rings. The average molecular weight is 399 g/mol. The standard InChI is InChI=1S/C19H19F2N7O/c1-12-6-7-22-18(10-12)26-17-5-4-16(27-28-17)23-8-9-24-19(29)25-15-3-2-13(20)11-14(15)21/h2-7,10-11H,8-9H2,1H3,(H,23,27)(H,22,26,28)(H2,24,25,29). The van der Waals surface area contributed by atoms with Crippen molar-refractivity contribution in [3.63, 3.8) is 0 Å². The van der Waals surface area contributed by atoms with Crippen LogP contribution in [0.4, 0.5) is 36.7 Å². The van der Waals surface area contributed by atoms with Crippen LogP contribution in [0.3, 0.4) is 0 Å². The van der Waals surface area contributed by atoms with E-state index >= 15 is 0 Å². The van der Waals surface area contributed by atoms with Gasteiger partial charge in [0.05, 0.1) is 5.69 Å². The third-order valence-corrected chi connectivity index (χ3v) is 3.73. The lowest BCUT2D eigenvalue weighted by Gasteiger charge is -2.10. The quantitative estimate of drug-likeness (QED) is 0.454. The lowest BCUT2D eigenvalue weighted by molar-refractivity contribution is 0.252. The Labute approximate surface area is 165 Å². The van der Waals surface area contributed by atoms with E-state index in [1.807, 2.05) is 19.1 Å². The maximum absolute atomic E-state index is 13.5. The second-order valence-electron chi connectivity index (χ2n) is 6.08. The number of hydrogen-bond donors (Lipinski definition) is 4. The monoisotopic (exact) mass is 399 g/mol. The molecular formula is C19H19F2N7O. The van der Waals surface area contributed by atoms with Gasteiger partial charge in [0.15, 0.2) is 5.82 Å². The van der Waals surface area contributed by atoms with E-state index in [0.29, 0.717) is 30.1 Å². The van der Waals surface area contributed by atoms with Crippen LogP contribution in [0, 0.1) is 18.6 Å². The maximum Gasteiger partial charge on any atom is 0.319 e. The van der Waals surface area contributed by atoms with E-state index in [9.17, 15) is 13.6 Å². The van der Waals surface area contributed by atoms with Crippen LogP contribution in [0.15, 0.2) is 48.7 Å². The number of carbonyl (C=O) groups excluding carboxylic acids is 1. The lowest BCUT2D eigenvalue weighted by Crippen LogP contribution is -2.33. The first-order valence-corrected chi connectivity index (χ1v) is 8.77. The summed E-state index contributed by atoms with van der Waals surface area (Å²) in [6, 6.07) is 9.58. The Bertz CT molecular complexity index is 983. The van der Waals surface area contributed by atoms with E-state index in [4.69, 9.17) is 0 Å². The Morgan fingerprint density at radius 2 is 1.76 bits per heavy atom. The minimum atomic E-state index is -0.844. The van der Waals surface area contributed by atoms with Gasteiger partial charge in [-0.15, -0.1) is 10.2 Å². The van der Waals surface area contributed by atoms with Crippen LogP contribution < -0.4 is 21.3 Å². The third kappa shape index (κ3) is 6.09. The maximum atomic E-state index is 13.5. The first kappa shape index (κ1) is 19.9. The molecule has 0 fully saturated rings. The summed E-state index contributed by atoms with van der Waals surface area (Å²) in [4.78, 5) is 15.9. The summed E-state index contributed by atoms with van der Waals surface area (Å²) in [7, 11) is 0. The molecule has 2 heterocycles. The molecule has 4 N–H and O–H groups in total. The summed E-state index contributed by atoms with van der Waals surface area (Å²) in [5.74, 6) is 0.193. The highest BCUT2D eigenvalue weighted by molar-refractivity contribution is 5.89. The van der Waals surface area contributed by atoms with Crippen molar-refractivity contribution in [1.82, 2.24) is 20.5 Å². The molecule has 0 aliphatic heterocycles. The molecule has 0 atom stereocenters. The van der Waals surface area contributed by atoms with E-state index in [1.165, 1.54) is 0 Å². The molecule has 0 unspecified atom stereocenters. The highest BCUT2D eigenvalue weighted by Crippen LogP contribution is 2.15. The summed E-state index contributed by atoms with van der Waals surface area (Å²) in [6.07, 6.45) is 1.70. The van der Waals surface area contributed by atoms with Crippen LogP contribution in [0.1, 0.15) is 5.56 Å². The average Bonchev–Trinajstić information content (AvgIpc) is 2.69. The van der Waals surface area contributed by atoms with E-state index < -0.39 is 17.7 Å². The van der Waals surface area contributed by atoms with Crippen molar-refractivity contribution in [3.05, 3.63) is 65.9 Å². The third-order valence-electron chi connectivity index (χ3n) is 3.73. The summed E-state index contributed by atoms with van der Waals surface area (Å²) in [5, 5.41) is 19.0. The number of halogens is 2. The van der Waals surface area contributed by atoms with Crippen molar-refractivity contribution < 1.29 is 13.6 Å². The molecule has 150 valence electrons. The van der Waals surface area contributed by atoms with Gasteiger partial charge < -0.3 is 21.3 Å². The normalized spacial score (nSPS) is 10.3. The van der Waals surface area contributed by atoms with Crippen LogP contribution in [-0.2, 0) is 0 Å². The minimum Gasteiger partial charge on any atom is -0.367 e. The number of aromatic nitrogens is 3. The topological polar surface area (TPSA) is 104 Å². The number of urea groups is 1. The van der Waals surface area contributed by atoms with Gasteiger partial charge in [-0.05, 0) is 48.9 Å². The summed E-state index contributed by atoms with van der Waals surface area (Å²) < 4.78 is 26.3. The van der Waals surface area contributed by atoms with Gasteiger partial charge in [0.25, 0.3) is 0 Å². The van der Waals surface area contributed by atoms with Gasteiger partial charge in [-0.1, -0.05) is 0 Å². The number of carbonyl (C=O) groups is 1. The van der Waals surface area contributed by atoms with Gasteiger partial charge in [-0.2, -0.15) is 0 Å². The second kappa shape index (κ2) is 9.40. The van der Waals surface area contributed by atoms with Crippen molar-refractivity contribution in [2.75, 3.05) is 29.0 Å². The Kier molecular flexibility index (Phi) is 6.46. The van der Waals surface area contributed by atoms with Crippen molar-refractivity contribution in [2.24, 2.45) is 0 Å². The number of nitrogens with zero attached hydrogens (tertiary/aromatic N) is 3. The van der Waals surface area contributed by atoms with E-state index in [0.717, 1.165) is 17.7 Å². The Hall–Kier alpha value is -3.82. The molecule has 0 radical (unpaired) electrons. The first-order chi connectivity index (χ1) is 14.0. The molecule has 0 spiro atoms. The Morgan fingerprint density at radius 1 is 0.966 bits per heavy atom. The van der Waals surface area contributed by atoms with Gasteiger partial charge in [0.2, 0.25) is 0 Å². The van der Waals surface area contributed by atoms with Gasteiger partial charge >= 0.3 is 6.03 Å². The lowest BCUT2D eigenvalue weighted by atomic mass is 10.3. The molecule has 0 bridgehead atoms. The van der Waals surface area contributed by atoms with E-state index in [2.05, 4.69) is 36.4 Å². The van der Waals surface area contributed by atoms with Crippen molar-refractivity contribution in [1.29, 1.82) is 0 Å². The number of hydrogen-bond acceptors (Lipinski definition) is 6. The second-order valence-corrected chi connectivity index (χ2v) is 6.08. The van der Waals surface area contributed by atoms with Crippen LogP contribution in [0.25, 0.3) is 0 Å². The predicted octanol–water partition coefficient (Wildman–Crippen LogP) is 3.44. The molecule has 10 heteroatoms. The molecular weight excluding hydrogens is 380 g/mol. The van der Waals surface area contributed by atoms with Crippen LogP contribution in [-0.4, -0.2) is 34.3 Å². The van der Waals surface area contributed by atoms with E-state index in [-0.39, 0.29) is 12.2 Å². The minimum absolute atomic E-state index is 0.103. The molecule has 8 nitrogen and oxygen atoms in total. The molecule has 0 aliphatic carbocycles. The molecule has 2 aromatic heterocycles. The Morgan fingerprint density at radius 3 is 2.48 bits per heavy atom. The smallest absolute Gasteiger partial charge is 0.319 e. The predicted molar refractivity (Wildman–Crippen MR) is 106 cm³/mol. The highest BCUT2D eigenvalue weighted by Gasteiger charge is 2.07. The summed E-state index contributed by atoms with van der Waals surface area (Å²) in [5.41, 5.74) is 0.973. The largest absolute Gasteiger partial charge is 0.367 e. The molecule has 2 amide bonds. The van der Waals surface area contributed by atoms with Crippen molar-refractivity contribution in [2.45, 2.75) is 6.92 Å². The molecule has 3 aromatic rings. The fourth-order valence-corrected chi connectivity index (χ4v) is 2.35. The highest BCUT2D eigenvalue weighted by atomic mass is 19.1. The number of pyridine rings is 1. The molecule has 29 heavy (non-hydrogen) atoms. The number of nitrogens with one attached hydrogen (secondary N) is 4. The SMILES string of the molecule is Cc1ccnc(Nc2ccc(NCCNC(=O)Nc3ccc(F)cc3F)nn2)c1. The fraction of sp³-hybridized carbons (Fsp3) is 0.158.